The van der Waals surface area contributed by atoms with Crippen LogP contribution >= 0.6 is 0 Å². The maximum atomic E-state index is 14.9. The van der Waals surface area contributed by atoms with Crippen molar-refractivity contribution in [2.24, 2.45) is 5.73 Å². The summed E-state index contributed by atoms with van der Waals surface area (Å²) < 4.78 is 26.6. The molecule has 1 unspecified atom stereocenters. The van der Waals surface area contributed by atoms with Crippen LogP contribution < -0.4 is 31.0 Å². The van der Waals surface area contributed by atoms with Crippen molar-refractivity contribution >= 4 is 22.7 Å². The second-order valence-corrected chi connectivity index (χ2v) is 6.33. The largest absolute Gasteiger partial charge is 0.511 e. The average Bonchev–Trinajstić information content (AvgIpc) is 2.97. The summed E-state index contributed by atoms with van der Waals surface area (Å²) in [6.45, 7) is 0.817. The number of nitrogens with zero attached hydrogens (tertiary/aromatic N) is 2. The first-order chi connectivity index (χ1) is 12.4. The maximum Gasteiger partial charge on any atom is 0.511 e. The van der Waals surface area contributed by atoms with Crippen LogP contribution in [0.1, 0.15) is 6.42 Å². The SMILES string of the molecule is CNn1cc(OC(=O)O)c(=O)c2cc(F)c3c(c21)OC[C@@H]1CC(N)CN31. The molecule has 138 valence electrons. The van der Waals surface area contributed by atoms with E-state index in [1.54, 1.807) is 7.05 Å². The fourth-order valence-corrected chi connectivity index (χ4v) is 3.70. The van der Waals surface area contributed by atoms with E-state index in [2.05, 4.69) is 10.2 Å². The lowest BCUT2D eigenvalue weighted by Gasteiger charge is -2.34. The average molecular weight is 364 g/mol. The van der Waals surface area contributed by atoms with Gasteiger partial charge in [0.15, 0.2) is 11.6 Å². The molecule has 3 heterocycles. The molecule has 0 radical (unpaired) electrons. The maximum absolute atomic E-state index is 14.9. The molecule has 9 nitrogen and oxygen atoms in total. The molecule has 2 aromatic rings. The van der Waals surface area contributed by atoms with Crippen LogP contribution in [0.3, 0.4) is 0 Å². The molecule has 2 aliphatic rings. The lowest BCUT2D eigenvalue weighted by atomic mass is 10.1. The van der Waals surface area contributed by atoms with Crippen molar-refractivity contribution in [2.75, 3.05) is 30.5 Å². The summed E-state index contributed by atoms with van der Waals surface area (Å²) >= 11 is 0. The number of fused-ring (bicyclic) bond motifs is 5. The van der Waals surface area contributed by atoms with Crippen molar-refractivity contribution in [1.82, 2.24) is 4.68 Å². The highest BCUT2D eigenvalue weighted by molar-refractivity contribution is 5.93. The summed E-state index contributed by atoms with van der Waals surface area (Å²) in [6, 6.07) is 0.977. The van der Waals surface area contributed by atoms with E-state index < -0.39 is 23.2 Å². The third-order valence-electron chi connectivity index (χ3n) is 4.73. The molecule has 1 fully saturated rings. The van der Waals surface area contributed by atoms with E-state index >= 15 is 0 Å². The summed E-state index contributed by atoms with van der Waals surface area (Å²) in [6.07, 6.45) is 0.260. The first-order valence-corrected chi connectivity index (χ1v) is 8.06. The van der Waals surface area contributed by atoms with Crippen molar-refractivity contribution in [1.29, 1.82) is 0 Å². The summed E-state index contributed by atoms with van der Waals surface area (Å²) in [7, 11) is 1.57. The third kappa shape index (κ3) is 2.33. The van der Waals surface area contributed by atoms with Crippen LogP contribution in [-0.4, -0.2) is 48.2 Å². The molecule has 26 heavy (non-hydrogen) atoms. The number of nitrogens with one attached hydrogen (secondary N) is 1. The van der Waals surface area contributed by atoms with Crippen LogP contribution in [0.25, 0.3) is 10.9 Å². The quantitative estimate of drug-likeness (QED) is 0.665. The van der Waals surface area contributed by atoms with Crippen LogP contribution in [0.2, 0.25) is 0 Å². The van der Waals surface area contributed by atoms with Crippen LogP contribution in [-0.2, 0) is 0 Å². The number of ether oxygens (including phenoxy) is 2. The highest BCUT2D eigenvalue weighted by Gasteiger charge is 2.39. The minimum atomic E-state index is -1.63. The highest BCUT2D eigenvalue weighted by atomic mass is 19.1. The molecule has 0 aliphatic carbocycles. The lowest BCUT2D eigenvalue weighted by molar-refractivity contribution is 0.144. The van der Waals surface area contributed by atoms with E-state index in [0.717, 1.165) is 6.07 Å². The Kier molecular flexibility index (Phi) is 3.65. The van der Waals surface area contributed by atoms with E-state index in [1.165, 1.54) is 10.9 Å². The number of anilines is 1. The molecule has 1 aromatic heterocycles. The molecule has 4 N–H and O–H groups in total. The molecule has 0 amide bonds. The number of benzene rings is 1. The molecule has 0 bridgehead atoms. The molecule has 4 rings (SSSR count). The molecule has 0 spiro atoms. The number of carboxylic acid groups (broad SMARTS) is 1. The van der Waals surface area contributed by atoms with Crippen molar-refractivity contribution in [3.05, 3.63) is 28.3 Å². The topological polar surface area (TPSA) is 119 Å². The van der Waals surface area contributed by atoms with Gasteiger partial charge < -0.3 is 30.6 Å². The van der Waals surface area contributed by atoms with Crippen molar-refractivity contribution in [2.45, 2.75) is 18.5 Å². The van der Waals surface area contributed by atoms with Gasteiger partial charge in [-0.05, 0) is 12.5 Å². The van der Waals surface area contributed by atoms with Gasteiger partial charge in [0.2, 0.25) is 11.2 Å². The number of aromatic nitrogens is 1. The Morgan fingerprint density at radius 2 is 2.31 bits per heavy atom. The first kappa shape index (κ1) is 16.5. The zero-order valence-corrected chi connectivity index (χ0v) is 13.9. The Hall–Kier alpha value is -3.01. The van der Waals surface area contributed by atoms with Gasteiger partial charge in [-0.15, -0.1) is 0 Å². The smallest absolute Gasteiger partial charge is 0.487 e. The van der Waals surface area contributed by atoms with Gasteiger partial charge in [0, 0.05) is 19.6 Å². The fourth-order valence-electron chi connectivity index (χ4n) is 3.70. The van der Waals surface area contributed by atoms with E-state index in [1.807, 2.05) is 4.90 Å². The van der Waals surface area contributed by atoms with Crippen LogP contribution in [0, 0.1) is 5.82 Å². The number of halogens is 1. The van der Waals surface area contributed by atoms with E-state index in [4.69, 9.17) is 15.6 Å². The fraction of sp³-hybridized carbons (Fsp3) is 0.375. The molecule has 10 heteroatoms. The monoisotopic (exact) mass is 364 g/mol. The zero-order valence-electron chi connectivity index (χ0n) is 13.9. The normalized spacial score (nSPS) is 21.1. The molecule has 0 saturated carbocycles. The van der Waals surface area contributed by atoms with Gasteiger partial charge in [0.05, 0.1) is 17.6 Å². The Morgan fingerprint density at radius 1 is 1.54 bits per heavy atom. The molecule has 1 saturated heterocycles. The number of hydrogen-bond donors (Lipinski definition) is 3. The molecular weight excluding hydrogens is 347 g/mol. The second-order valence-electron chi connectivity index (χ2n) is 6.33. The predicted octanol–water partition coefficient (Wildman–Crippen LogP) is 0.669. The summed E-state index contributed by atoms with van der Waals surface area (Å²) in [5, 5.41) is 8.75. The lowest BCUT2D eigenvalue weighted by Crippen LogP contribution is -2.39. The van der Waals surface area contributed by atoms with E-state index in [9.17, 15) is 14.0 Å². The van der Waals surface area contributed by atoms with Crippen molar-refractivity contribution in [3.8, 4) is 11.5 Å². The molecule has 2 aliphatic heterocycles. The zero-order chi connectivity index (χ0) is 18.6. The molecule has 2 atom stereocenters. The van der Waals surface area contributed by atoms with Gasteiger partial charge in [-0.1, -0.05) is 0 Å². The van der Waals surface area contributed by atoms with E-state index in [0.29, 0.717) is 25.1 Å². The number of nitrogens with two attached hydrogens (primary N) is 1. The Labute approximate surface area is 146 Å². The molecule has 1 aromatic carbocycles. The van der Waals surface area contributed by atoms with Crippen LogP contribution in [0.5, 0.6) is 11.5 Å². The number of rotatable bonds is 2. The first-order valence-electron chi connectivity index (χ1n) is 8.06. The van der Waals surface area contributed by atoms with E-state index in [-0.39, 0.29) is 28.9 Å². The summed E-state index contributed by atoms with van der Waals surface area (Å²) in [4.78, 5) is 25.2. The Morgan fingerprint density at radius 3 is 3.00 bits per heavy atom. The van der Waals surface area contributed by atoms with Crippen LogP contribution in [0.4, 0.5) is 14.9 Å². The van der Waals surface area contributed by atoms with Gasteiger partial charge >= 0.3 is 6.16 Å². The number of carbonyl (C=O) groups is 1. The molecular formula is C16H17FN4O5. The minimum absolute atomic E-state index is 0.0196. The van der Waals surface area contributed by atoms with Gasteiger partial charge in [-0.2, -0.15) is 0 Å². The van der Waals surface area contributed by atoms with Gasteiger partial charge in [0.25, 0.3) is 0 Å². The number of pyridine rings is 1. The highest BCUT2D eigenvalue weighted by Crippen LogP contribution is 2.44. The van der Waals surface area contributed by atoms with Crippen molar-refractivity contribution < 1.29 is 23.8 Å². The second kappa shape index (κ2) is 5.77. The van der Waals surface area contributed by atoms with Crippen LogP contribution in [0.15, 0.2) is 17.1 Å². The van der Waals surface area contributed by atoms with Gasteiger partial charge in [-0.25, -0.2) is 9.18 Å². The summed E-state index contributed by atoms with van der Waals surface area (Å²) in [5.74, 6) is -0.840. The predicted molar refractivity (Wildman–Crippen MR) is 91.3 cm³/mol. The van der Waals surface area contributed by atoms with Gasteiger partial charge in [0.1, 0.15) is 17.8 Å². The Balaban J connectivity index is 2.00. The van der Waals surface area contributed by atoms with Crippen molar-refractivity contribution in [3.63, 3.8) is 0 Å². The van der Waals surface area contributed by atoms with Gasteiger partial charge in [-0.3, -0.25) is 9.47 Å². The number of hydrogen-bond acceptors (Lipinski definition) is 7. The Bertz CT molecular complexity index is 975. The minimum Gasteiger partial charge on any atom is -0.487 e. The standard InChI is InChI=1S/C16H17FN4O5/c1-19-21-5-11(26-16(23)24)14(22)9-3-10(17)13-15(12(9)21)25-6-8-2-7(18)4-20(8)13/h3,5,7-8,19H,2,4,6,18H2,1H3,(H,23,24)/t7?,8-/m0/s1. The third-order valence-corrected chi connectivity index (χ3v) is 4.73. The summed E-state index contributed by atoms with van der Waals surface area (Å²) in [5.41, 5.74) is 8.64.